The number of nitriles is 1. The average Bonchev–Trinajstić information content (AvgIpc) is 3.20. The predicted molar refractivity (Wildman–Crippen MR) is 123 cm³/mol. The SMILES string of the molecule is CC(Cc1nc2ccccc2s1)(C(=O)Nc1cccc(OCC#N)c1)c1ccccc1. The summed E-state index contributed by atoms with van der Waals surface area (Å²) in [4.78, 5) is 18.3. The maximum absolute atomic E-state index is 13.6. The van der Waals surface area contributed by atoms with Crippen molar-refractivity contribution in [3.05, 3.63) is 89.4 Å². The molecule has 154 valence electrons. The fourth-order valence-corrected chi connectivity index (χ4v) is 4.59. The molecule has 31 heavy (non-hydrogen) atoms. The van der Waals surface area contributed by atoms with Gasteiger partial charge in [0.1, 0.15) is 11.8 Å². The predicted octanol–water partition coefficient (Wildman–Crippen LogP) is 5.34. The Bertz CT molecular complexity index is 1210. The van der Waals surface area contributed by atoms with Crippen molar-refractivity contribution < 1.29 is 9.53 Å². The molecule has 0 saturated heterocycles. The van der Waals surface area contributed by atoms with Crippen molar-refractivity contribution in [2.24, 2.45) is 0 Å². The molecule has 4 rings (SSSR count). The molecular formula is C25H21N3O2S. The summed E-state index contributed by atoms with van der Waals surface area (Å²) in [6.45, 7) is 1.90. The highest BCUT2D eigenvalue weighted by molar-refractivity contribution is 7.18. The Kier molecular flexibility index (Phi) is 5.96. The number of hydrogen-bond acceptors (Lipinski definition) is 5. The van der Waals surface area contributed by atoms with Crippen LogP contribution in [0.25, 0.3) is 10.2 Å². The molecule has 0 aliphatic rings. The van der Waals surface area contributed by atoms with Gasteiger partial charge in [-0.3, -0.25) is 4.79 Å². The first-order valence-electron chi connectivity index (χ1n) is 9.90. The number of amides is 1. The number of para-hydroxylation sites is 1. The molecule has 0 aliphatic carbocycles. The molecule has 0 saturated carbocycles. The smallest absolute Gasteiger partial charge is 0.235 e. The summed E-state index contributed by atoms with van der Waals surface area (Å²) < 4.78 is 6.46. The van der Waals surface area contributed by atoms with Crippen molar-refractivity contribution >= 4 is 33.1 Å². The van der Waals surface area contributed by atoms with Crippen LogP contribution in [-0.2, 0) is 16.6 Å². The van der Waals surface area contributed by atoms with E-state index in [1.165, 1.54) is 0 Å². The van der Waals surface area contributed by atoms with Crippen molar-refractivity contribution in [1.29, 1.82) is 5.26 Å². The molecule has 1 unspecified atom stereocenters. The minimum atomic E-state index is -0.821. The lowest BCUT2D eigenvalue weighted by Crippen LogP contribution is -2.39. The molecule has 1 atom stereocenters. The number of carbonyl (C=O) groups excluding carboxylic acids is 1. The van der Waals surface area contributed by atoms with Crippen LogP contribution in [0.4, 0.5) is 5.69 Å². The van der Waals surface area contributed by atoms with E-state index in [1.807, 2.05) is 67.6 Å². The van der Waals surface area contributed by atoms with Gasteiger partial charge in [-0.2, -0.15) is 5.26 Å². The number of rotatable bonds is 7. The van der Waals surface area contributed by atoms with Crippen LogP contribution in [0.3, 0.4) is 0 Å². The van der Waals surface area contributed by atoms with E-state index >= 15 is 0 Å². The second kappa shape index (κ2) is 8.99. The largest absolute Gasteiger partial charge is 0.479 e. The first-order valence-corrected chi connectivity index (χ1v) is 10.7. The fourth-order valence-electron chi connectivity index (χ4n) is 3.47. The number of ether oxygens (including phenoxy) is 1. The normalized spacial score (nSPS) is 12.6. The molecule has 5 nitrogen and oxygen atoms in total. The number of hydrogen-bond donors (Lipinski definition) is 1. The first-order chi connectivity index (χ1) is 15.1. The molecular weight excluding hydrogens is 406 g/mol. The van der Waals surface area contributed by atoms with Crippen LogP contribution in [0, 0.1) is 11.3 Å². The molecule has 1 aromatic heterocycles. The van der Waals surface area contributed by atoms with Crippen molar-refractivity contribution in [2.75, 3.05) is 11.9 Å². The van der Waals surface area contributed by atoms with E-state index in [-0.39, 0.29) is 12.5 Å². The van der Waals surface area contributed by atoms with Gasteiger partial charge in [-0.1, -0.05) is 48.5 Å². The molecule has 1 N–H and O–H groups in total. The molecule has 6 heteroatoms. The van der Waals surface area contributed by atoms with Gasteiger partial charge in [0, 0.05) is 18.2 Å². The molecule has 0 radical (unpaired) electrons. The number of anilines is 1. The highest BCUT2D eigenvalue weighted by atomic mass is 32.1. The van der Waals surface area contributed by atoms with E-state index in [0.717, 1.165) is 20.8 Å². The zero-order chi connectivity index (χ0) is 21.7. The molecule has 0 aliphatic heterocycles. The van der Waals surface area contributed by atoms with Gasteiger partial charge in [0.05, 0.1) is 20.6 Å². The fraction of sp³-hybridized carbons (Fsp3) is 0.160. The third-order valence-corrected chi connectivity index (χ3v) is 6.19. The van der Waals surface area contributed by atoms with Gasteiger partial charge < -0.3 is 10.1 Å². The van der Waals surface area contributed by atoms with Gasteiger partial charge in [-0.15, -0.1) is 11.3 Å². The molecule has 1 heterocycles. The Balaban J connectivity index is 1.64. The van der Waals surface area contributed by atoms with E-state index in [4.69, 9.17) is 15.0 Å². The second-order valence-corrected chi connectivity index (χ2v) is 8.49. The molecule has 0 bridgehead atoms. The quantitative estimate of drug-likeness (QED) is 0.432. The number of thiazole rings is 1. The standard InChI is InChI=1S/C25H21N3O2S/c1-25(18-8-3-2-4-9-18,17-23-28-21-12-5-6-13-22(21)31-23)24(29)27-19-10-7-11-20(16-19)30-15-14-26/h2-13,16H,15,17H2,1H3,(H,27,29). The minimum Gasteiger partial charge on any atom is -0.479 e. The number of nitrogens with zero attached hydrogens (tertiary/aromatic N) is 2. The number of carbonyl (C=O) groups is 1. The zero-order valence-corrected chi connectivity index (χ0v) is 17.9. The van der Waals surface area contributed by atoms with E-state index in [1.54, 1.807) is 35.6 Å². The lowest BCUT2D eigenvalue weighted by Gasteiger charge is -2.28. The third kappa shape index (κ3) is 4.57. The maximum Gasteiger partial charge on any atom is 0.235 e. The summed E-state index contributed by atoms with van der Waals surface area (Å²) in [5.74, 6) is 0.405. The lowest BCUT2D eigenvalue weighted by molar-refractivity contribution is -0.121. The Hall–Kier alpha value is -3.69. The van der Waals surface area contributed by atoms with Crippen molar-refractivity contribution in [3.63, 3.8) is 0 Å². The van der Waals surface area contributed by atoms with Crippen LogP contribution < -0.4 is 10.1 Å². The van der Waals surface area contributed by atoms with Gasteiger partial charge in [0.25, 0.3) is 0 Å². The summed E-state index contributed by atoms with van der Waals surface area (Å²) in [6, 6.07) is 26.8. The van der Waals surface area contributed by atoms with E-state index < -0.39 is 5.41 Å². The topological polar surface area (TPSA) is 75.0 Å². The monoisotopic (exact) mass is 427 g/mol. The average molecular weight is 428 g/mol. The van der Waals surface area contributed by atoms with Crippen LogP contribution in [0.2, 0.25) is 0 Å². The van der Waals surface area contributed by atoms with E-state index in [2.05, 4.69) is 5.32 Å². The van der Waals surface area contributed by atoms with Crippen molar-refractivity contribution in [3.8, 4) is 11.8 Å². The number of fused-ring (bicyclic) bond motifs is 1. The third-order valence-electron chi connectivity index (χ3n) is 5.15. The Morgan fingerprint density at radius 2 is 1.87 bits per heavy atom. The number of aromatic nitrogens is 1. The zero-order valence-electron chi connectivity index (χ0n) is 17.0. The first kappa shape index (κ1) is 20.6. The minimum absolute atomic E-state index is 0.0449. The van der Waals surface area contributed by atoms with Crippen LogP contribution in [-0.4, -0.2) is 17.5 Å². The number of benzene rings is 3. The van der Waals surface area contributed by atoms with Gasteiger partial charge in [0.15, 0.2) is 6.61 Å². The Morgan fingerprint density at radius 1 is 1.10 bits per heavy atom. The van der Waals surface area contributed by atoms with Crippen LogP contribution in [0.15, 0.2) is 78.9 Å². The Morgan fingerprint density at radius 3 is 2.65 bits per heavy atom. The van der Waals surface area contributed by atoms with Gasteiger partial charge in [-0.25, -0.2) is 4.98 Å². The highest BCUT2D eigenvalue weighted by Gasteiger charge is 2.36. The van der Waals surface area contributed by atoms with Crippen molar-refractivity contribution in [1.82, 2.24) is 4.98 Å². The molecule has 0 fully saturated rings. The molecule has 1 amide bonds. The molecule has 3 aromatic carbocycles. The van der Waals surface area contributed by atoms with Crippen molar-refractivity contribution in [2.45, 2.75) is 18.8 Å². The van der Waals surface area contributed by atoms with Crippen LogP contribution in [0.5, 0.6) is 5.75 Å². The lowest BCUT2D eigenvalue weighted by atomic mass is 9.78. The maximum atomic E-state index is 13.6. The summed E-state index contributed by atoms with van der Waals surface area (Å²) in [7, 11) is 0. The van der Waals surface area contributed by atoms with E-state index in [9.17, 15) is 4.79 Å². The van der Waals surface area contributed by atoms with Gasteiger partial charge in [-0.05, 0) is 36.8 Å². The summed E-state index contributed by atoms with van der Waals surface area (Å²) >= 11 is 1.61. The molecule has 0 spiro atoms. The van der Waals surface area contributed by atoms with Crippen LogP contribution >= 0.6 is 11.3 Å². The number of nitrogens with one attached hydrogen (secondary N) is 1. The van der Waals surface area contributed by atoms with Crippen LogP contribution in [0.1, 0.15) is 17.5 Å². The van der Waals surface area contributed by atoms with Gasteiger partial charge >= 0.3 is 0 Å². The highest BCUT2D eigenvalue weighted by Crippen LogP contribution is 2.33. The van der Waals surface area contributed by atoms with E-state index in [0.29, 0.717) is 17.9 Å². The molecule has 4 aromatic rings. The van der Waals surface area contributed by atoms with Gasteiger partial charge in [0.2, 0.25) is 5.91 Å². The summed E-state index contributed by atoms with van der Waals surface area (Å²) in [6.07, 6.45) is 0.479. The summed E-state index contributed by atoms with van der Waals surface area (Å²) in [5.41, 5.74) is 1.66. The summed E-state index contributed by atoms with van der Waals surface area (Å²) in [5, 5.41) is 12.7. The Labute approximate surface area is 184 Å². The second-order valence-electron chi connectivity index (χ2n) is 7.38.